The van der Waals surface area contributed by atoms with E-state index in [0.717, 1.165) is 37.3 Å². The molecule has 1 aromatic heterocycles. The van der Waals surface area contributed by atoms with Gasteiger partial charge in [-0.25, -0.2) is 0 Å². The van der Waals surface area contributed by atoms with Gasteiger partial charge in [-0.1, -0.05) is 11.3 Å². The fourth-order valence-electron chi connectivity index (χ4n) is 2.16. The molecule has 0 bridgehead atoms. The fourth-order valence-corrected chi connectivity index (χ4v) is 2.99. The molecule has 0 radical (unpaired) electrons. The molecule has 0 saturated carbocycles. The summed E-state index contributed by atoms with van der Waals surface area (Å²) in [7, 11) is 0. The number of nitrogens with zero attached hydrogens (tertiary/aromatic N) is 2. The summed E-state index contributed by atoms with van der Waals surface area (Å²) >= 11 is 1.38. The van der Waals surface area contributed by atoms with Crippen molar-refractivity contribution in [3.05, 3.63) is 5.01 Å². The van der Waals surface area contributed by atoms with Crippen molar-refractivity contribution in [3.8, 4) is 0 Å². The van der Waals surface area contributed by atoms with E-state index in [4.69, 9.17) is 9.47 Å². The molecule has 3 rings (SSSR count). The molecule has 2 atom stereocenters. The van der Waals surface area contributed by atoms with Crippen LogP contribution in [0.1, 0.15) is 36.8 Å². The number of rotatable bonds is 3. The molecule has 0 aromatic carbocycles. The SMILES string of the molecule is O=C(Nc1nnc([C@@H]2CCCO2)s1)[C@@H]1CCCO1. The Hall–Kier alpha value is -1.05. The molecule has 18 heavy (non-hydrogen) atoms. The summed E-state index contributed by atoms with van der Waals surface area (Å²) in [6.45, 7) is 1.44. The third-order valence-corrected chi connectivity index (χ3v) is 4.03. The zero-order valence-electron chi connectivity index (χ0n) is 9.92. The Bertz CT molecular complexity index is 425. The van der Waals surface area contributed by atoms with Gasteiger partial charge < -0.3 is 9.47 Å². The average Bonchev–Trinajstić information content (AvgIpc) is 3.12. The van der Waals surface area contributed by atoms with Crippen LogP contribution in [0.3, 0.4) is 0 Å². The largest absolute Gasteiger partial charge is 0.371 e. The maximum Gasteiger partial charge on any atom is 0.255 e. The van der Waals surface area contributed by atoms with Gasteiger partial charge in [0.2, 0.25) is 5.13 Å². The van der Waals surface area contributed by atoms with Crippen molar-refractivity contribution in [1.82, 2.24) is 10.2 Å². The van der Waals surface area contributed by atoms with Crippen LogP contribution in [0, 0.1) is 0 Å². The Morgan fingerprint density at radius 3 is 2.78 bits per heavy atom. The zero-order valence-corrected chi connectivity index (χ0v) is 10.7. The summed E-state index contributed by atoms with van der Waals surface area (Å²) in [5.41, 5.74) is 0. The first-order valence-electron chi connectivity index (χ1n) is 6.20. The second-order valence-electron chi connectivity index (χ2n) is 4.44. The van der Waals surface area contributed by atoms with E-state index in [1.807, 2.05) is 0 Å². The van der Waals surface area contributed by atoms with E-state index in [-0.39, 0.29) is 18.1 Å². The minimum atomic E-state index is -0.333. The van der Waals surface area contributed by atoms with Crippen LogP contribution < -0.4 is 5.32 Å². The topological polar surface area (TPSA) is 73.3 Å². The van der Waals surface area contributed by atoms with Gasteiger partial charge in [0.1, 0.15) is 17.2 Å². The standard InChI is InChI=1S/C11H15N3O3S/c15-9(7-3-1-5-16-7)12-11-14-13-10(18-11)8-4-2-6-17-8/h7-8H,1-6H2,(H,12,14,15)/t7-,8-/m0/s1. The van der Waals surface area contributed by atoms with Gasteiger partial charge in [0.25, 0.3) is 5.91 Å². The first-order valence-corrected chi connectivity index (χ1v) is 7.02. The molecule has 2 aliphatic heterocycles. The molecule has 2 saturated heterocycles. The van der Waals surface area contributed by atoms with E-state index in [1.165, 1.54) is 11.3 Å². The van der Waals surface area contributed by atoms with Gasteiger partial charge in [-0.2, -0.15) is 0 Å². The van der Waals surface area contributed by atoms with Crippen molar-refractivity contribution < 1.29 is 14.3 Å². The molecule has 2 aliphatic rings. The van der Waals surface area contributed by atoms with Gasteiger partial charge in [-0.15, -0.1) is 10.2 Å². The Kier molecular flexibility index (Phi) is 3.53. The smallest absolute Gasteiger partial charge is 0.255 e. The van der Waals surface area contributed by atoms with Gasteiger partial charge in [0.15, 0.2) is 0 Å². The molecule has 0 spiro atoms. The summed E-state index contributed by atoms with van der Waals surface area (Å²) < 4.78 is 10.8. The molecule has 6 nitrogen and oxygen atoms in total. The molecule has 7 heteroatoms. The van der Waals surface area contributed by atoms with Crippen molar-refractivity contribution in [2.24, 2.45) is 0 Å². The summed E-state index contributed by atoms with van der Waals surface area (Å²) in [4.78, 5) is 11.8. The highest BCUT2D eigenvalue weighted by Gasteiger charge is 2.26. The molecule has 0 unspecified atom stereocenters. The predicted octanol–water partition coefficient (Wildman–Crippen LogP) is 1.51. The molecule has 1 amide bonds. The van der Waals surface area contributed by atoms with Crippen LogP contribution in [0.4, 0.5) is 5.13 Å². The lowest BCUT2D eigenvalue weighted by Crippen LogP contribution is -2.26. The molecule has 2 fully saturated rings. The number of aromatic nitrogens is 2. The highest BCUT2D eigenvalue weighted by molar-refractivity contribution is 7.15. The second kappa shape index (κ2) is 5.29. The van der Waals surface area contributed by atoms with Crippen molar-refractivity contribution in [1.29, 1.82) is 0 Å². The molecule has 1 N–H and O–H groups in total. The summed E-state index contributed by atoms with van der Waals surface area (Å²) in [5.74, 6) is -0.123. The molecular weight excluding hydrogens is 254 g/mol. The minimum absolute atomic E-state index is 0.0517. The number of nitrogens with one attached hydrogen (secondary N) is 1. The number of ether oxygens (including phenoxy) is 2. The van der Waals surface area contributed by atoms with E-state index < -0.39 is 0 Å². The molecule has 3 heterocycles. The lowest BCUT2D eigenvalue weighted by atomic mass is 10.2. The number of carbonyl (C=O) groups excluding carboxylic acids is 1. The molecular formula is C11H15N3O3S. The Labute approximate surface area is 109 Å². The van der Waals surface area contributed by atoms with E-state index in [1.54, 1.807) is 0 Å². The first-order chi connectivity index (χ1) is 8.83. The van der Waals surface area contributed by atoms with Crippen LogP contribution in [0.15, 0.2) is 0 Å². The monoisotopic (exact) mass is 269 g/mol. The van der Waals surface area contributed by atoms with E-state index in [9.17, 15) is 4.79 Å². The van der Waals surface area contributed by atoms with Crippen LogP contribution >= 0.6 is 11.3 Å². The maximum absolute atomic E-state index is 11.8. The van der Waals surface area contributed by atoms with Crippen LogP contribution in [-0.2, 0) is 14.3 Å². The molecule has 98 valence electrons. The lowest BCUT2D eigenvalue weighted by Gasteiger charge is -2.07. The molecule has 0 aliphatic carbocycles. The van der Waals surface area contributed by atoms with E-state index in [2.05, 4.69) is 15.5 Å². The highest BCUT2D eigenvalue weighted by atomic mass is 32.1. The zero-order chi connectivity index (χ0) is 12.4. The van der Waals surface area contributed by atoms with Crippen molar-refractivity contribution >= 4 is 22.4 Å². The minimum Gasteiger partial charge on any atom is -0.371 e. The third-order valence-electron chi connectivity index (χ3n) is 3.10. The van der Waals surface area contributed by atoms with Crippen molar-refractivity contribution in [2.75, 3.05) is 18.5 Å². The Morgan fingerprint density at radius 1 is 1.22 bits per heavy atom. The lowest BCUT2D eigenvalue weighted by molar-refractivity contribution is -0.124. The van der Waals surface area contributed by atoms with Gasteiger partial charge >= 0.3 is 0 Å². The number of hydrogen-bond acceptors (Lipinski definition) is 6. The average molecular weight is 269 g/mol. The predicted molar refractivity (Wildman–Crippen MR) is 65.4 cm³/mol. The first kappa shape index (κ1) is 12.0. The fraction of sp³-hybridized carbons (Fsp3) is 0.727. The van der Waals surface area contributed by atoms with Crippen molar-refractivity contribution in [2.45, 2.75) is 37.9 Å². The van der Waals surface area contributed by atoms with Crippen LogP contribution in [0.5, 0.6) is 0 Å². The molecule has 1 aromatic rings. The third kappa shape index (κ3) is 2.52. The summed E-state index contributed by atoms with van der Waals surface area (Å²) in [6.07, 6.45) is 3.48. The van der Waals surface area contributed by atoms with E-state index >= 15 is 0 Å². The quantitative estimate of drug-likeness (QED) is 0.900. The normalized spacial score (nSPS) is 27.6. The number of hydrogen-bond donors (Lipinski definition) is 1. The van der Waals surface area contributed by atoms with Gasteiger partial charge in [-0.05, 0) is 25.7 Å². The van der Waals surface area contributed by atoms with E-state index in [0.29, 0.717) is 11.7 Å². The van der Waals surface area contributed by atoms with Gasteiger partial charge in [0, 0.05) is 13.2 Å². The summed E-state index contributed by atoms with van der Waals surface area (Å²) in [5, 5.41) is 12.2. The Balaban J connectivity index is 1.60. The second-order valence-corrected chi connectivity index (χ2v) is 5.45. The van der Waals surface area contributed by atoms with Gasteiger partial charge in [0.05, 0.1) is 0 Å². The summed E-state index contributed by atoms with van der Waals surface area (Å²) in [6, 6.07) is 0. The number of anilines is 1. The Morgan fingerprint density at radius 2 is 2.06 bits per heavy atom. The van der Waals surface area contributed by atoms with Crippen LogP contribution in [-0.4, -0.2) is 35.4 Å². The van der Waals surface area contributed by atoms with Crippen molar-refractivity contribution in [3.63, 3.8) is 0 Å². The highest BCUT2D eigenvalue weighted by Crippen LogP contribution is 2.32. The van der Waals surface area contributed by atoms with Crippen LogP contribution in [0.2, 0.25) is 0 Å². The number of carbonyl (C=O) groups is 1. The number of amides is 1. The van der Waals surface area contributed by atoms with Gasteiger partial charge in [-0.3, -0.25) is 10.1 Å². The maximum atomic E-state index is 11.8. The van der Waals surface area contributed by atoms with Crippen LogP contribution in [0.25, 0.3) is 0 Å².